The van der Waals surface area contributed by atoms with Crippen LogP contribution in [0.4, 0.5) is 0 Å². The average molecular weight is 236 g/mol. The van der Waals surface area contributed by atoms with Crippen molar-refractivity contribution < 1.29 is 14.3 Å². The zero-order valence-electron chi connectivity index (χ0n) is 10.7. The van der Waals surface area contributed by atoms with E-state index in [2.05, 4.69) is 0 Å². The molecule has 1 rings (SSSR count). The fourth-order valence-electron chi connectivity index (χ4n) is 1.36. The number of carbonyl (C=O) groups excluding carboxylic acids is 1. The highest BCUT2D eigenvalue weighted by atomic mass is 16.5. The summed E-state index contributed by atoms with van der Waals surface area (Å²) in [6, 6.07) is 7.64. The minimum atomic E-state index is 0.0888. The molecule has 0 radical (unpaired) electrons. The van der Waals surface area contributed by atoms with Crippen LogP contribution in [0.15, 0.2) is 24.3 Å². The second kappa shape index (κ2) is 7.07. The van der Waals surface area contributed by atoms with Gasteiger partial charge in [0.1, 0.15) is 12.4 Å². The largest absolute Gasteiger partial charge is 0.497 e. The molecule has 0 N–H and O–H groups in total. The molecule has 0 saturated heterocycles. The highest BCUT2D eigenvalue weighted by Crippen LogP contribution is 2.12. The van der Waals surface area contributed by atoms with Gasteiger partial charge >= 0.3 is 0 Å². The summed E-state index contributed by atoms with van der Waals surface area (Å²) in [4.78, 5) is 11.5. The third-order valence-corrected chi connectivity index (χ3v) is 2.83. The monoisotopic (exact) mass is 236 g/mol. The summed E-state index contributed by atoms with van der Waals surface area (Å²) < 4.78 is 10.5. The van der Waals surface area contributed by atoms with E-state index in [0.29, 0.717) is 6.61 Å². The smallest absolute Gasteiger partial charge is 0.161 e. The first-order valence-corrected chi connectivity index (χ1v) is 5.90. The molecule has 3 heteroatoms. The lowest BCUT2D eigenvalue weighted by molar-refractivity contribution is -0.127. The number of methoxy groups -OCH3 is 1. The first kappa shape index (κ1) is 13.7. The predicted octanol–water partition coefficient (Wildman–Crippen LogP) is 2.83. The molecule has 1 aromatic carbocycles. The number of ketones is 1. The Morgan fingerprint density at radius 1 is 1.29 bits per heavy atom. The Bertz CT molecular complexity index is 343. The molecule has 0 aliphatic heterocycles. The van der Waals surface area contributed by atoms with E-state index in [1.807, 2.05) is 38.1 Å². The maximum atomic E-state index is 11.5. The van der Waals surface area contributed by atoms with Crippen molar-refractivity contribution >= 4 is 5.78 Å². The second-order valence-corrected chi connectivity index (χ2v) is 4.12. The van der Waals surface area contributed by atoms with Crippen molar-refractivity contribution in [3.05, 3.63) is 29.8 Å². The molecule has 3 nitrogen and oxygen atoms in total. The van der Waals surface area contributed by atoms with E-state index < -0.39 is 0 Å². The predicted molar refractivity (Wildman–Crippen MR) is 67.1 cm³/mol. The number of carbonyl (C=O) groups is 1. The number of ether oxygens (including phenoxy) is 2. The van der Waals surface area contributed by atoms with Gasteiger partial charge in [-0.05, 0) is 24.1 Å². The molecule has 0 fully saturated rings. The fourth-order valence-corrected chi connectivity index (χ4v) is 1.36. The second-order valence-electron chi connectivity index (χ2n) is 4.12. The molecule has 1 atom stereocenters. The van der Waals surface area contributed by atoms with E-state index in [1.165, 1.54) is 0 Å². The minimum absolute atomic E-state index is 0.0888. The molecule has 0 saturated carbocycles. The van der Waals surface area contributed by atoms with Crippen molar-refractivity contribution in [2.45, 2.75) is 26.9 Å². The lowest BCUT2D eigenvalue weighted by Gasteiger charge is -2.08. The van der Waals surface area contributed by atoms with Gasteiger partial charge in [-0.1, -0.05) is 26.0 Å². The van der Waals surface area contributed by atoms with Crippen molar-refractivity contribution in [3.63, 3.8) is 0 Å². The van der Waals surface area contributed by atoms with Gasteiger partial charge in [-0.15, -0.1) is 0 Å². The summed E-state index contributed by atoms with van der Waals surface area (Å²) in [5.74, 6) is 1.08. The Morgan fingerprint density at radius 2 is 1.94 bits per heavy atom. The molecule has 1 aromatic rings. The van der Waals surface area contributed by atoms with E-state index in [-0.39, 0.29) is 18.3 Å². The van der Waals surface area contributed by atoms with Gasteiger partial charge in [0, 0.05) is 5.92 Å². The summed E-state index contributed by atoms with van der Waals surface area (Å²) in [7, 11) is 1.64. The van der Waals surface area contributed by atoms with Crippen LogP contribution in [0.1, 0.15) is 25.8 Å². The molecule has 0 aliphatic carbocycles. The number of benzene rings is 1. The van der Waals surface area contributed by atoms with Gasteiger partial charge in [0.25, 0.3) is 0 Å². The van der Waals surface area contributed by atoms with Crippen LogP contribution in [0.3, 0.4) is 0 Å². The van der Waals surface area contributed by atoms with Crippen LogP contribution in [0.2, 0.25) is 0 Å². The van der Waals surface area contributed by atoms with Crippen LogP contribution in [-0.2, 0) is 16.1 Å². The summed E-state index contributed by atoms with van der Waals surface area (Å²) in [6.07, 6.45) is 0.866. The Balaban J connectivity index is 2.33. The highest BCUT2D eigenvalue weighted by Gasteiger charge is 2.10. The number of hydrogen-bond acceptors (Lipinski definition) is 3. The third-order valence-electron chi connectivity index (χ3n) is 2.83. The molecule has 0 bridgehead atoms. The topological polar surface area (TPSA) is 35.5 Å². The maximum Gasteiger partial charge on any atom is 0.161 e. The normalized spacial score (nSPS) is 12.2. The van der Waals surface area contributed by atoms with Gasteiger partial charge in [0.2, 0.25) is 0 Å². The number of Topliss-reactive ketones (excluding diaryl/α,β-unsaturated/α-hetero) is 1. The minimum Gasteiger partial charge on any atom is -0.497 e. The third kappa shape index (κ3) is 4.57. The molecule has 17 heavy (non-hydrogen) atoms. The standard InChI is InChI=1S/C14H20O3/c1-4-11(2)14(15)10-17-9-12-5-7-13(16-3)8-6-12/h5-8,11H,4,9-10H2,1-3H3. The highest BCUT2D eigenvalue weighted by molar-refractivity contribution is 5.81. The summed E-state index contributed by atoms with van der Waals surface area (Å²) in [5.41, 5.74) is 1.04. The summed E-state index contributed by atoms with van der Waals surface area (Å²) >= 11 is 0. The van der Waals surface area contributed by atoms with Gasteiger partial charge in [0.15, 0.2) is 5.78 Å². The fraction of sp³-hybridized carbons (Fsp3) is 0.500. The Kier molecular flexibility index (Phi) is 5.70. The summed E-state index contributed by atoms with van der Waals surface area (Å²) in [5, 5.41) is 0. The zero-order chi connectivity index (χ0) is 12.7. The molecule has 1 unspecified atom stereocenters. The molecule has 0 aromatic heterocycles. The van der Waals surface area contributed by atoms with Crippen LogP contribution >= 0.6 is 0 Å². The number of hydrogen-bond donors (Lipinski definition) is 0. The van der Waals surface area contributed by atoms with E-state index in [1.54, 1.807) is 7.11 Å². The van der Waals surface area contributed by atoms with Crippen molar-refractivity contribution in [1.29, 1.82) is 0 Å². The zero-order valence-corrected chi connectivity index (χ0v) is 10.7. The van der Waals surface area contributed by atoms with Gasteiger partial charge in [-0.2, -0.15) is 0 Å². The van der Waals surface area contributed by atoms with E-state index in [4.69, 9.17) is 9.47 Å². The van der Waals surface area contributed by atoms with Gasteiger partial charge in [0.05, 0.1) is 13.7 Å². The van der Waals surface area contributed by atoms with Crippen LogP contribution in [0.5, 0.6) is 5.75 Å². The first-order chi connectivity index (χ1) is 8.17. The van der Waals surface area contributed by atoms with E-state index in [0.717, 1.165) is 17.7 Å². The molecule has 0 heterocycles. The molecule has 94 valence electrons. The summed E-state index contributed by atoms with van der Waals surface area (Å²) in [6.45, 7) is 4.60. The van der Waals surface area contributed by atoms with Gasteiger partial charge < -0.3 is 9.47 Å². The van der Waals surface area contributed by atoms with Crippen molar-refractivity contribution in [2.75, 3.05) is 13.7 Å². The SMILES string of the molecule is CCC(C)C(=O)COCc1ccc(OC)cc1. The lowest BCUT2D eigenvalue weighted by atomic mass is 10.1. The molecule has 0 aliphatic rings. The van der Waals surface area contributed by atoms with Crippen LogP contribution in [0, 0.1) is 5.92 Å². The maximum absolute atomic E-state index is 11.5. The van der Waals surface area contributed by atoms with Crippen molar-refractivity contribution in [1.82, 2.24) is 0 Å². The molecular weight excluding hydrogens is 216 g/mol. The molecular formula is C14H20O3. The van der Waals surface area contributed by atoms with E-state index >= 15 is 0 Å². The quantitative estimate of drug-likeness (QED) is 0.730. The molecule has 0 spiro atoms. The Hall–Kier alpha value is -1.35. The Morgan fingerprint density at radius 3 is 2.47 bits per heavy atom. The van der Waals surface area contributed by atoms with Crippen molar-refractivity contribution in [2.24, 2.45) is 5.92 Å². The lowest BCUT2D eigenvalue weighted by Crippen LogP contribution is -2.16. The first-order valence-electron chi connectivity index (χ1n) is 5.90. The van der Waals surface area contributed by atoms with Crippen LogP contribution in [-0.4, -0.2) is 19.5 Å². The Labute approximate surface area is 103 Å². The number of rotatable bonds is 7. The van der Waals surface area contributed by atoms with Crippen LogP contribution < -0.4 is 4.74 Å². The van der Waals surface area contributed by atoms with Crippen molar-refractivity contribution in [3.8, 4) is 5.75 Å². The van der Waals surface area contributed by atoms with Gasteiger partial charge in [-0.25, -0.2) is 0 Å². The van der Waals surface area contributed by atoms with E-state index in [9.17, 15) is 4.79 Å². The van der Waals surface area contributed by atoms with Gasteiger partial charge in [-0.3, -0.25) is 4.79 Å². The molecule has 0 amide bonds. The average Bonchev–Trinajstić information content (AvgIpc) is 2.38. The van der Waals surface area contributed by atoms with Crippen LogP contribution in [0.25, 0.3) is 0 Å².